The first-order valence-corrected chi connectivity index (χ1v) is 13.2. The lowest BCUT2D eigenvalue weighted by Crippen LogP contribution is -2.50. The number of carbonyl (C=O) groups is 3. The zero-order valence-electron chi connectivity index (χ0n) is 23.9. The van der Waals surface area contributed by atoms with Gasteiger partial charge in [0, 0.05) is 17.6 Å². The van der Waals surface area contributed by atoms with Gasteiger partial charge in [0.1, 0.15) is 35.1 Å². The van der Waals surface area contributed by atoms with Crippen molar-refractivity contribution >= 4 is 52.5 Å². The molecule has 0 aliphatic carbocycles. The first-order chi connectivity index (χ1) is 19.7. The zero-order valence-corrected chi connectivity index (χ0v) is 23.9. The van der Waals surface area contributed by atoms with E-state index in [1.807, 2.05) is 0 Å². The third-order valence-electron chi connectivity index (χ3n) is 6.98. The summed E-state index contributed by atoms with van der Waals surface area (Å²) in [7, 11) is 1.07. The highest BCUT2D eigenvalue weighted by molar-refractivity contribution is 6.12. The van der Waals surface area contributed by atoms with Crippen LogP contribution in [0, 0.1) is 11.8 Å². The SMILES string of the molecule is COC(=O)N(OC(=O)C(C)C)c1cc(=O)nc2c3c(n(C4OC(CO)C(OC(=O)C(N)C(C)C)C4(C)O)cc13)N=CN2. The van der Waals surface area contributed by atoms with Gasteiger partial charge in [-0.1, -0.05) is 27.7 Å². The molecule has 1 fully saturated rings. The molecule has 2 aliphatic rings. The summed E-state index contributed by atoms with van der Waals surface area (Å²) in [4.78, 5) is 64.4. The Balaban J connectivity index is 1.90. The predicted octanol–water partition coefficient (Wildman–Crippen LogP) is 0.705. The minimum atomic E-state index is -1.95. The number of methoxy groups -OCH3 is 1. The maximum atomic E-state index is 12.8. The van der Waals surface area contributed by atoms with E-state index in [1.165, 1.54) is 24.0 Å². The van der Waals surface area contributed by atoms with Gasteiger partial charge in [-0.15, -0.1) is 5.06 Å². The van der Waals surface area contributed by atoms with E-state index >= 15 is 0 Å². The van der Waals surface area contributed by atoms with Gasteiger partial charge in [0.25, 0.3) is 5.56 Å². The van der Waals surface area contributed by atoms with Gasteiger partial charge in [-0.25, -0.2) is 14.6 Å². The summed E-state index contributed by atoms with van der Waals surface area (Å²) in [5.74, 6) is -2.31. The van der Waals surface area contributed by atoms with Crippen LogP contribution in [0.4, 0.5) is 22.1 Å². The number of hydroxylamine groups is 1. The Labute approximate surface area is 240 Å². The van der Waals surface area contributed by atoms with Crippen molar-refractivity contribution in [2.24, 2.45) is 22.6 Å². The van der Waals surface area contributed by atoms with Gasteiger partial charge in [-0.3, -0.25) is 9.59 Å². The summed E-state index contributed by atoms with van der Waals surface area (Å²) in [6.07, 6.45) is -2.28. The van der Waals surface area contributed by atoms with Gasteiger partial charge in [0.2, 0.25) is 0 Å². The molecular formula is C26H34N6O10. The fourth-order valence-electron chi connectivity index (χ4n) is 4.58. The Morgan fingerprint density at radius 3 is 2.55 bits per heavy atom. The topological polar surface area (TPSA) is 217 Å². The largest absolute Gasteiger partial charge is 0.455 e. The molecule has 2 aromatic heterocycles. The van der Waals surface area contributed by atoms with Crippen LogP contribution in [0.15, 0.2) is 22.1 Å². The third-order valence-corrected chi connectivity index (χ3v) is 6.98. The smallest absolute Gasteiger partial charge is 0.448 e. The molecule has 16 heteroatoms. The van der Waals surface area contributed by atoms with Gasteiger partial charge >= 0.3 is 18.0 Å². The summed E-state index contributed by atoms with van der Waals surface area (Å²) in [6, 6.07) is -0.0139. The maximum absolute atomic E-state index is 12.8. The number of aliphatic hydroxyl groups excluding tert-OH is 1. The van der Waals surface area contributed by atoms with E-state index in [-0.39, 0.29) is 34.0 Å². The number of hydrogen-bond acceptors (Lipinski definition) is 14. The predicted molar refractivity (Wildman–Crippen MR) is 148 cm³/mol. The van der Waals surface area contributed by atoms with Crippen LogP contribution in [0.5, 0.6) is 0 Å². The number of nitrogens with one attached hydrogen (secondary N) is 1. The molecule has 0 radical (unpaired) electrons. The van der Waals surface area contributed by atoms with Crippen molar-refractivity contribution in [2.75, 3.05) is 24.1 Å². The lowest BCUT2D eigenvalue weighted by Gasteiger charge is -2.31. The number of anilines is 2. The second kappa shape index (κ2) is 11.6. The molecule has 1 saturated heterocycles. The van der Waals surface area contributed by atoms with Crippen molar-refractivity contribution in [3.05, 3.63) is 22.6 Å². The van der Waals surface area contributed by atoms with E-state index in [0.29, 0.717) is 5.06 Å². The zero-order chi connectivity index (χ0) is 31.1. The fraction of sp³-hybridized carbons (Fsp3) is 0.538. The number of ether oxygens (including phenoxy) is 3. The summed E-state index contributed by atoms with van der Waals surface area (Å²) in [6.45, 7) is 7.31. The molecule has 2 aromatic rings. The van der Waals surface area contributed by atoms with Crippen molar-refractivity contribution in [1.29, 1.82) is 0 Å². The van der Waals surface area contributed by atoms with Gasteiger partial charge < -0.3 is 44.9 Å². The van der Waals surface area contributed by atoms with Crippen molar-refractivity contribution in [3.63, 3.8) is 0 Å². The molecule has 5 unspecified atom stereocenters. The summed E-state index contributed by atoms with van der Waals surface area (Å²) in [5.41, 5.74) is 2.99. The lowest BCUT2D eigenvalue weighted by atomic mass is 9.95. The van der Waals surface area contributed by atoms with Crippen LogP contribution in [-0.2, 0) is 28.6 Å². The minimum Gasteiger partial charge on any atom is -0.455 e. The first-order valence-electron chi connectivity index (χ1n) is 13.2. The van der Waals surface area contributed by atoms with E-state index in [0.717, 1.165) is 13.2 Å². The molecule has 0 saturated carbocycles. The number of aromatic nitrogens is 2. The maximum Gasteiger partial charge on any atom is 0.448 e. The number of amides is 1. The summed E-state index contributed by atoms with van der Waals surface area (Å²) >= 11 is 0. The normalized spacial score (nSPS) is 23.5. The molecular weight excluding hydrogens is 556 g/mol. The quantitative estimate of drug-likeness (QED) is 0.258. The average molecular weight is 591 g/mol. The van der Waals surface area contributed by atoms with Crippen LogP contribution < -0.4 is 21.7 Å². The molecule has 2 aliphatic heterocycles. The third kappa shape index (κ3) is 5.40. The number of nitrogens with zero attached hydrogens (tertiary/aromatic N) is 4. The summed E-state index contributed by atoms with van der Waals surface area (Å²) < 4.78 is 17.7. The second-order valence-corrected chi connectivity index (χ2v) is 10.8. The van der Waals surface area contributed by atoms with Crippen molar-refractivity contribution in [1.82, 2.24) is 9.55 Å². The average Bonchev–Trinajstić information content (AvgIpc) is 3.38. The molecule has 228 valence electrons. The van der Waals surface area contributed by atoms with Crippen LogP contribution in [-0.4, -0.2) is 81.7 Å². The minimum absolute atomic E-state index is 0.0484. The highest BCUT2D eigenvalue weighted by Gasteiger charge is 2.56. The van der Waals surface area contributed by atoms with E-state index in [9.17, 15) is 29.4 Å². The molecule has 0 aromatic carbocycles. The lowest BCUT2D eigenvalue weighted by molar-refractivity contribution is -0.166. The van der Waals surface area contributed by atoms with E-state index in [2.05, 4.69) is 15.3 Å². The standard InChI is InChI=1S/C26H34N6O10/c1-11(2)18(27)23(36)41-19-15(9-33)40-24(26(19,5)38)31-8-13-14(32(25(37)39-6)42-22(35)12(3)4)7-16(34)30-20-17(13)21(31)29-10-28-20/h7-8,10-12,15,18-19,24,33,38H,9,27H2,1-6H3,(H,28,29,30,34). The molecule has 0 spiro atoms. The van der Waals surface area contributed by atoms with Crippen molar-refractivity contribution in [2.45, 2.75) is 64.7 Å². The van der Waals surface area contributed by atoms with Gasteiger partial charge in [0.05, 0.1) is 31.4 Å². The van der Waals surface area contributed by atoms with Crippen LogP contribution in [0.1, 0.15) is 40.8 Å². The fourth-order valence-corrected chi connectivity index (χ4v) is 4.58. The highest BCUT2D eigenvalue weighted by atomic mass is 16.7. The number of hydrogen-bond donors (Lipinski definition) is 4. The number of nitrogens with two attached hydrogens (primary N) is 1. The van der Waals surface area contributed by atoms with E-state index in [4.69, 9.17) is 24.8 Å². The molecule has 5 atom stereocenters. The number of carbonyl (C=O) groups excluding carboxylic acids is 3. The van der Waals surface area contributed by atoms with Gasteiger partial charge in [-0.05, 0) is 12.8 Å². The Morgan fingerprint density at radius 1 is 1.26 bits per heavy atom. The van der Waals surface area contributed by atoms with Crippen LogP contribution in [0.2, 0.25) is 0 Å². The summed E-state index contributed by atoms with van der Waals surface area (Å²) in [5, 5.41) is 25.4. The molecule has 0 bridgehead atoms. The van der Waals surface area contributed by atoms with Crippen molar-refractivity contribution in [3.8, 4) is 0 Å². The monoisotopic (exact) mass is 590 g/mol. The molecule has 42 heavy (non-hydrogen) atoms. The molecule has 5 N–H and O–H groups in total. The molecule has 1 amide bonds. The Morgan fingerprint density at radius 2 is 1.95 bits per heavy atom. The van der Waals surface area contributed by atoms with E-state index in [1.54, 1.807) is 27.7 Å². The number of aliphatic hydroxyl groups is 2. The first kappa shape index (κ1) is 30.8. The van der Waals surface area contributed by atoms with Crippen LogP contribution in [0.25, 0.3) is 10.8 Å². The van der Waals surface area contributed by atoms with Gasteiger partial charge in [-0.2, -0.15) is 4.98 Å². The van der Waals surface area contributed by atoms with Gasteiger partial charge in [0.15, 0.2) is 12.3 Å². The number of rotatable bonds is 7. The second-order valence-electron chi connectivity index (χ2n) is 10.8. The Bertz CT molecular complexity index is 1490. The number of aliphatic imine (C=N–C) groups is 1. The van der Waals surface area contributed by atoms with E-state index < -0.39 is 66.2 Å². The molecule has 4 heterocycles. The van der Waals surface area contributed by atoms with Crippen LogP contribution in [0.3, 0.4) is 0 Å². The van der Waals surface area contributed by atoms with Crippen molar-refractivity contribution < 1.29 is 43.6 Å². The Hall–Kier alpha value is -4.12. The van der Waals surface area contributed by atoms with Crippen LogP contribution >= 0.6 is 0 Å². The molecule has 16 nitrogen and oxygen atoms in total. The Kier molecular flexibility index (Phi) is 8.54. The molecule has 4 rings (SSSR count). The highest BCUT2D eigenvalue weighted by Crippen LogP contribution is 2.47. The number of esters is 1.